The van der Waals surface area contributed by atoms with Crippen LogP contribution in [0, 0.1) is 0 Å². The molecule has 0 spiro atoms. The van der Waals surface area contributed by atoms with Crippen LogP contribution in [0.25, 0.3) is 0 Å². The first-order valence-electron chi connectivity index (χ1n) is 11.0. The number of likely N-dealkylation sites (N-methyl/N-ethyl adjacent to an activating group) is 1. The van der Waals surface area contributed by atoms with E-state index in [4.69, 9.17) is 4.74 Å². The van der Waals surface area contributed by atoms with E-state index >= 15 is 0 Å². The zero-order valence-electron chi connectivity index (χ0n) is 18.6. The molecule has 0 radical (unpaired) electrons. The van der Waals surface area contributed by atoms with E-state index in [-0.39, 0.29) is 24.0 Å². The molecule has 170 valence electrons. The maximum atomic E-state index is 5.41. The highest BCUT2D eigenvalue weighted by Crippen LogP contribution is 2.13. The van der Waals surface area contributed by atoms with Crippen LogP contribution < -0.4 is 10.6 Å². The van der Waals surface area contributed by atoms with Gasteiger partial charge in [-0.1, -0.05) is 31.2 Å². The number of guanidine groups is 1. The van der Waals surface area contributed by atoms with E-state index in [0.29, 0.717) is 0 Å². The molecule has 1 aromatic rings. The molecule has 2 N–H and O–H groups in total. The van der Waals surface area contributed by atoms with Crippen molar-refractivity contribution in [2.75, 3.05) is 79.2 Å². The highest BCUT2D eigenvalue weighted by atomic mass is 127. The summed E-state index contributed by atoms with van der Waals surface area (Å²) < 4.78 is 5.41. The number of benzene rings is 1. The summed E-state index contributed by atoms with van der Waals surface area (Å²) in [5, 5.41) is 6.93. The van der Waals surface area contributed by atoms with Gasteiger partial charge in [-0.15, -0.1) is 24.0 Å². The second kappa shape index (κ2) is 14.2. The van der Waals surface area contributed by atoms with Crippen LogP contribution in [-0.2, 0) is 17.8 Å². The average molecular weight is 530 g/mol. The summed E-state index contributed by atoms with van der Waals surface area (Å²) in [7, 11) is 1.84. The Morgan fingerprint density at radius 1 is 0.933 bits per heavy atom. The van der Waals surface area contributed by atoms with Crippen LogP contribution in [0.4, 0.5) is 0 Å². The third kappa shape index (κ3) is 8.30. The van der Waals surface area contributed by atoms with Crippen molar-refractivity contribution < 1.29 is 4.74 Å². The molecule has 1 aromatic carbocycles. The molecule has 2 heterocycles. The summed E-state index contributed by atoms with van der Waals surface area (Å²) in [6.45, 7) is 15.5. The van der Waals surface area contributed by atoms with Gasteiger partial charge >= 0.3 is 0 Å². The predicted octanol–water partition coefficient (Wildman–Crippen LogP) is 1.44. The number of rotatable bonds is 8. The van der Waals surface area contributed by atoms with Gasteiger partial charge in [-0.3, -0.25) is 14.8 Å². The molecule has 30 heavy (non-hydrogen) atoms. The second-order valence-electron chi connectivity index (χ2n) is 7.79. The normalized spacial score (nSPS) is 19.3. The highest BCUT2D eigenvalue weighted by molar-refractivity contribution is 14.0. The summed E-state index contributed by atoms with van der Waals surface area (Å²) in [6.07, 6.45) is 0. The number of hydrogen-bond acceptors (Lipinski definition) is 5. The van der Waals surface area contributed by atoms with Crippen LogP contribution in [0.2, 0.25) is 0 Å². The minimum Gasteiger partial charge on any atom is -0.379 e. The van der Waals surface area contributed by atoms with Crippen molar-refractivity contribution in [3.8, 4) is 0 Å². The highest BCUT2D eigenvalue weighted by Gasteiger charge is 2.16. The lowest BCUT2D eigenvalue weighted by atomic mass is 10.1. The van der Waals surface area contributed by atoms with Gasteiger partial charge in [0.25, 0.3) is 0 Å². The molecule has 2 saturated heterocycles. The molecular formula is C22H39IN6O. The van der Waals surface area contributed by atoms with Crippen LogP contribution in [0.15, 0.2) is 29.3 Å². The van der Waals surface area contributed by atoms with Crippen molar-refractivity contribution in [1.82, 2.24) is 25.3 Å². The van der Waals surface area contributed by atoms with E-state index in [0.717, 1.165) is 78.1 Å². The van der Waals surface area contributed by atoms with E-state index in [2.05, 4.69) is 61.5 Å². The largest absolute Gasteiger partial charge is 0.379 e. The molecule has 0 bridgehead atoms. The van der Waals surface area contributed by atoms with Gasteiger partial charge in [-0.05, 0) is 17.7 Å². The molecule has 7 nitrogen and oxygen atoms in total. The summed E-state index contributed by atoms with van der Waals surface area (Å²) in [4.78, 5) is 11.9. The van der Waals surface area contributed by atoms with Crippen molar-refractivity contribution in [3.05, 3.63) is 35.4 Å². The van der Waals surface area contributed by atoms with E-state index in [1.165, 1.54) is 24.2 Å². The number of piperazine rings is 1. The predicted molar refractivity (Wildman–Crippen MR) is 135 cm³/mol. The lowest BCUT2D eigenvalue weighted by Gasteiger charge is -2.34. The minimum atomic E-state index is 0. The third-order valence-electron chi connectivity index (χ3n) is 5.92. The van der Waals surface area contributed by atoms with Gasteiger partial charge in [0.2, 0.25) is 0 Å². The van der Waals surface area contributed by atoms with Crippen molar-refractivity contribution in [2.45, 2.75) is 20.0 Å². The van der Waals surface area contributed by atoms with Crippen LogP contribution >= 0.6 is 24.0 Å². The molecule has 0 aliphatic carbocycles. The van der Waals surface area contributed by atoms with Crippen molar-refractivity contribution in [2.24, 2.45) is 4.99 Å². The van der Waals surface area contributed by atoms with Gasteiger partial charge in [0.15, 0.2) is 5.96 Å². The molecule has 0 unspecified atom stereocenters. The summed E-state index contributed by atoms with van der Waals surface area (Å²) in [5.74, 6) is 0.865. The van der Waals surface area contributed by atoms with E-state index in [1.54, 1.807) is 0 Å². The second-order valence-corrected chi connectivity index (χ2v) is 7.79. The van der Waals surface area contributed by atoms with Crippen molar-refractivity contribution >= 4 is 29.9 Å². The lowest BCUT2D eigenvalue weighted by Crippen LogP contribution is -2.45. The summed E-state index contributed by atoms with van der Waals surface area (Å²) in [5.41, 5.74) is 2.76. The number of aliphatic imine (C=N–C) groups is 1. The van der Waals surface area contributed by atoms with Crippen molar-refractivity contribution in [3.63, 3.8) is 0 Å². The number of hydrogen-bond donors (Lipinski definition) is 2. The Kier molecular flexibility index (Phi) is 12.0. The number of nitrogens with zero attached hydrogens (tertiary/aromatic N) is 4. The Morgan fingerprint density at radius 3 is 2.27 bits per heavy atom. The zero-order chi connectivity index (χ0) is 20.3. The van der Waals surface area contributed by atoms with E-state index < -0.39 is 0 Å². The van der Waals surface area contributed by atoms with Crippen LogP contribution in [-0.4, -0.2) is 99.8 Å². The topological polar surface area (TPSA) is 55.4 Å². The van der Waals surface area contributed by atoms with Crippen LogP contribution in [0.1, 0.15) is 18.1 Å². The zero-order valence-corrected chi connectivity index (χ0v) is 20.9. The van der Waals surface area contributed by atoms with E-state index in [9.17, 15) is 0 Å². The number of nitrogens with one attached hydrogen (secondary N) is 2. The summed E-state index contributed by atoms with van der Waals surface area (Å²) >= 11 is 0. The Hall–Kier alpha value is -0.940. The maximum absolute atomic E-state index is 5.41. The SMILES string of the molecule is CCN1CCN(Cc2ccccc2CNC(=NC)NCCN2CCOCC2)CC1.I. The molecule has 0 aromatic heterocycles. The fraction of sp³-hybridized carbons (Fsp3) is 0.682. The molecule has 3 rings (SSSR count). The number of halogens is 1. The lowest BCUT2D eigenvalue weighted by molar-refractivity contribution is 0.0389. The Balaban J connectivity index is 0.00000320. The van der Waals surface area contributed by atoms with Gasteiger partial charge in [-0.25, -0.2) is 0 Å². The first-order valence-corrected chi connectivity index (χ1v) is 11.0. The molecule has 2 fully saturated rings. The smallest absolute Gasteiger partial charge is 0.191 e. The van der Waals surface area contributed by atoms with E-state index in [1.807, 2.05) is 7.05 Å². The van der Waals surface area contributed by atoms with Crippen LogP contribution in [0.5, 0.6) is 0 Å². The molecule has 0 atom stereocenters. The van der Waals surface area contributed by atoms with Crippen LogP contribution in [0.3, 0.4) is 0 Å². The molecular weight excluding hydrogens is 491 g/mol. The quantitative estimate of drug-likeness (QED) is 0.302. The average Bonchev–Trinajstić information content (AvgIpc) is 2.78. The Bertz CT molecular complexity index is 630. The minimum absolute atomic E-state index is 0. The monoisotopic (exact) mass is 530 g/mol. The fourth-order valence-electron chi connectivity index (χ4n) is 3.95. The Labute approximate surface area is 199 Å². The van der Waals surface area contributed by atoms with Crippen molar-refractivity contribution in [1.29, 1.82) is 0 Å². The van der Waals surface area contributed by atoms with Gasteiger partial charge in [0.1, 0.15) is 0 Å². The fourth-order valence-corrected chi connectivity index (χ4v) is 3.95. The third-order valence-corrected chi connectivity index (χ3v) is 5.92. The molecule has 0 saturated carbocycles. The maximum Gasteiger partial charge on any atom is 0.191 e. The van der Waals surface area contributed by atoms with Gasteiger partial charge in [0, 0.05) is 72.5 Å². The first-order chi connectivity index (χ1) is 14.3. The summed E-state index contributed by atoms with van der Waals surface area (Å²) in [6, 6.07) is 8.77. The Morgan fingerprint density at radius 2 is 1.60 bits per heavy atom. The van der Waals surface area contributed by atoms with Gasteiger partial charge in [-0.2, -0.15) is 0 Å². The molecule has 2 aliphatic rings. The number of morpholine rings is 1. The van der Waals surface area contributed by atoms with Gasteiger partial charge < -0.3 is 20.3 Å². The van der Waals surface area contributed by atoms with Gasteiger partial charge in [0.05, 0.1) is 13.2 Å². The number of ether oxygens (including phenoxy) is 1. The molecule has 0 amide bonds. The molecule has 2 aliphatic heterocycles. The first kappa shape index (κ1) is 25.3. The standard InChI is InChI=1S/C22H38N6O.HI/c1-3-26-10-12-28(13-11-26)19-21-7-5-4-6-20(21)18-25-22(23-2)24-8-9-27-14-16-29-17-15-27;/h4-7H,3,8-19H2,1-2H3,(H2,23,24,25);1H. The molecule has 8 heteroatoms.